The van der Waals surface area contributed by atoms with Crippen LogP contribution in [0.5, 0.6) is 0 Å². The fraction of sp³-hybridized carbons (Fsp3) is 0.467. The Balaban J connectivity index is 1.92. The first-order valence-electron chi connectivity index (χ1n) is 7.45. The van der Waals surface area contributed by atoms with Gasteiger partial charge in [-0.1, -0.05) is 44.2 Å². The van der Waals surface area contributed by atoms with E-state index in [1.54, 1.807) is 0 Å². The molecule has 0 radical (unpaired) electrons. The second kappa shape index (κ2) is 7.13. The van der Waals surface area contributed by atoms with Crippen LogP contribution >= 0.6 is 0 Å². The van der Waals surface area contributed by atoms with Crippen LogP contribution in [0.3, 0.4) is 0 Å². The molecule has 2 aromatic rings. The lowest BCUT2D eigenvalue weighted by atomic mass is 9.94. The molecule has 0 fully saturated rings. The van der Waals surface area contributed by atoms with Crippen molar-refractivity contribution in [1.29, 1.82) is 0 Å². The van der Waals surface area contributed by atoms with E-state index in [1.165, 1.54) is 4.80 Å². The van der Waals surface area contributed by atoms with Crippen LogP contribution < -0.4 is 11.1 Å². The second-order valence-electron chi connectivity index (χ2n) is 5.36. The van der Waals surface area contributed by atoms with E-state index in [0.29, 0.717) is 12.4 Å². The average molecular weight is 302 g/mol. The molecule has 0 aliphatic carbocycles. The minimum atomic E-state index is -0.360. The lowest BCUT2D eigenvalue weighted by Gasteiger charge is -2.26. The molecular formula is C15H22N6O. The third kappa shape index (κ3) is 4.11. The van der Waals surface area contributed by atoms with Gasteiger partial charge in [-0.2, -0.15) is 4.80 Å². The van der Waals surface area contributed by atoms with Gasteiger partial charge in [-0.3, -0.25) is 4.79 Å². The minimum Gasteiger partial charge on any atom is -0.353 e. The van der Waals surface area contributed by atoms with E-state index >= 15 is 0 Å². The Kier molecular flexibility index (Phi) is 5.21. The summed E-state index contributed by atoms with van der Waals surface area (Å²) in [5, 5.41) is 14.9. The summed E-state index contributed by atoms with van der Waals surface area (Å²) in [4.78, 5) is 13.2. The lowest BCUT2D eigenvalue weighted by Crippen LogP contribution is -2.49. The summed E-state index contributed by atoms with van der Waals surface area (Å²) in [7, 11) is 0. The Hall–Kier alpha value is -2.28. The molecule has 3 N–H and O–H groups in total. The molecule has 0 spiro atoms. The van der Waals surface area contributed by atoms with Crippen LogP contribution in [-0.4, -0.2) is 38.2 Å². The summed E-state index contributed by atoms with van der Waals surface area (Å²) in [6.07, 6.45) is 1.62. The first-order chi connectivity index (χ1) is 10.6. The number of tetrazole rings is 1. The van der Waals surface area contributed by atoms with E-state index in [9.17, 15) is 4.79 Å². The summed E-state index contributed by atoms with van der Waals surface area (Å²) in [5.41, 5.74) is 6.66. The fourth-order valence-corrected chi connectivity index (χ4v) is 1.97. The number of hydrogen-bond acceptors (Lipinski definition) is 5. The SMILES string of the molecule is CCC(N)(CC)CNC(=O)Cn1nnc(-c2ccccc2)n1. The zero-order valence-electron chi connectivity index (χ0n) is 13.0. The van der Waals surface area contributed by atoms with Crippen molar-refractivity contribution in [2.45, 2.75) is 38.8 Å². The molecule has 1 amide bonds. The molecule has 0 aliphatic rings. The van der Waals surface area contributed by atoms with Gasteiger partial charge in [-0.05, 0) is 18.1 Å². The van der Waals surface area contributed by atoms with Gasteiger partial charge in [-0.15, -0.1) is 10.2 Å². The van der Waals surface area contributed by atoms with Crippen molar-refractivity contribution in [2.75, 3.05) is 6.54 Å². The molecular weight excluding hydrogens is 280 g/mol. The molecule has 7 nitrogen and oxygen atoms in total. The van der Waals surface area contributed by atoms with Gasteiger partial charge < -0.3 is 11.1 Å². The summed E-state index contributed by atoms with van der Waals surface area (Å²) in [6.45, 7) is 4.50. The van der Waals surface area contributed by atoms with E-state index in [-0.39, 0.29) is 18.0 Å². The van der Waals surface area contributed by atoms with Crippen LogP contribution in [-0.2, 0) is 11.3 Å². The third-order valence-corrected chi connectivity index (χ3v) is 3.82. The number of nitrogens with zero attached hydrogens (tertiary/aromatic N) is 4. The van der Waals surface area contributed by atoms with Gasteiger partial charge in [0.1, 0.15) is 6.54 Å². The maximum absolute atomic E-state index is 11.9. The highest BCUT2D eigenvalue weighted by Gasteiger charge is 2.21. The monoisotopic (exact) mass is 302 g/mol. The molecule has 2 rings (SSSR count). The number of rotatable bonds is 7. The predicted octanol–water partition coefficient (Wildman–Crippen LogP) is 0.974. The van der Waals surface area contributed by atoms with Gasteiger partial charge in [0, 0.05) is 17.6 Å². The van der Waals surface area contributed by atoms with Crippen molar-refractivity contribution in [1.82, 2.24) is 25.5 Å². The van der Waals surface area contributed by atoms with Crippen LogP contribution in [0.2, 0.25) is 0 Å². The minimum absolute atomic E-state index is 0.0311. The zero-order chi connectivity index (χ0) is 16.0. The number of amides is 1. The standard InChI is InChI=1S/C15H22N6O/c1-3-15(16,4-2)11-17-13(22)10-21-19-14(18-20-21)12-8-6-5-7-9-12/h5-9H,3-4,10-11,16H2,1-2H3,(H,17,22). The van der Waals surface area contributed by atoms with Crippen molar-refractivity contribution in [2.24, 2.45) is 5.73 Å². The summed E-state index contributed by atoms with van der Waals surface area (Å²) >= 11 is 0. The highest BCUT2D eigenvalue weighted by molar-refractivity contribution is 5.75. The molecule has 118 valence electrons. The molecule has 0 bridgehead atoms. The second-order valence-corrected chi connectivity index (χ2v) is 5.36. The van der Waals surface area contributed by atoms with Crippen molar-refractivity contribution >= 4 is 5.91 Å². The number of benzene rings is 1. The summed E-state index contributed by atoms with van der Waals surface area (Å²) in [6, 6.07) is 9.51. The molecule has 0 saturated carbocycles. The molecule has 0 aliphatic heterocycles. The van der Waals surface area contributed by atoms with Crippen LogP contribution in [0.25, 0.3) is 11.4 Å². The number of hydrogen-bond donors (Lipinski definition) is 2. The third-order valence-electron chi connectivity index (χ3n) is 3.82. The predicted molar refractivity (Wildman–Crippen MR) is 83.8 cm³/mol. The highest BCUT2D eigenvalue weighted by Crippen LogP contribution is 2.12. The normalized spacial score (nSPS) is 11.4. The smallest absolute Gasteiger partial charge is 0.243 e. The first kappa shape index (κ1) is 16.1. The molecule has 7 heteroatoms. The van der Waals surface area contributed by atoms with E-state index in [2.05, 4.69) is 20.7 Å². The number of carbonyl (C=O) groups excluding carboxylic acids is 1. The summed E-state index contributed by atoms with van der Waals surface area (Å²) in [5.74, 6) is 0.331. The Labute approximate surface area is 129 Å². The Morgan fingerprint density at radius 3 is 2.59 bits per heavy atom. The molecule has 0 atom stereocenters. The van der Waals surface area contributed by atoms with Crippen molar-refractivity contribution < 1.29 is 4.79 Å². The summed E-state index contributed by atoms with van der Waals surface area (Å²) < 4.78 is 0. The molecule has 0 unspecified atom stereocenters. The van der Waals surface area contributed by atoms with E-state index < -0.39 is 0 Å². The van der Waals surface area contributed by atoms with E-state index in [1.807, 2.05) is 44.2 Å². The topological polar surface area (TPSA) is 98.7 Å². The van der Waals surface area contributed by atoms with Crippen molar-refractivity contribution in [3.8, 4) is 11.4 Å². The molecule has 1 aromatic carbocycles. The number of nitrogens with two attached hydrogens (primary N) is 1. The van der Waals surface area contributed by atoms with Crippen molar-refractivity contribution in [3.05, 3.63) is 30.3 Å². The van der Waals surface area contributed by atoms with Gasteiger partial charge in [0.2, 0.25) is 11.7 Å². The molecule has 22 heavy (non-hydrogen) atoms. The highest BCUT2D eigenvalue weighted by atomic mass is 16.2. The Bertz CT molecular complexity index is 606. The van der Waals surface area contributed by atoms with Gasteiger partial charge in [0.25, 0.3) is 0 Å². The number of nitrogens with one attached hydrogen (secondary N) is 1. The molecule has 1 heterocycles. The maximum atomic E-state index is 11.9. The van der Waals surface area contributed by atoms with Crippen molar-refractivity contribution in [3.63, 3.8) is 0 Å². The van der Waals surface area contributed by atoms with Gasteiger partial charge >= 0.3 is 0 Å². The van der Waals surface area contributed by atoms with E-state index in [4.69, 9.17) is 5.73 Å². The van der Waals surface area contributed by atoms with Crippen LogP contribution in [0, 0.1) is 0 Å². The fourth-order valence-electron chi connectivity index (χ4n) is 1.97. The Morgan fingerprint density at radius 2 is 1.95 bits per heavy atom. The van der Waals surface area contributed by atoms with Gasteiger partial charge in [-0.25, -0.2) is 0 Å². The van der Waals surface area contributed by atoms with Crippen LogP contribution in [0.4, 0.5) is 0 Å². The lowest BCUT2D eigenvalue weighted by molar-refractivity contribution is -0.122. The van der Waals surface area contributed by atoms with Gasteiger partial charge in [0.15, 0.2) is 0 Å². The number of carbonyl (C=O) groups is 1. The van der Waals surface area contributed by atoms with Crippen LogP contribution in [0.1, 0.15) is 26.7 Å². The van der Waals surface area contributed by atoms with E-state index in [0.717, 1.165) is 18.4 Å². The number of aromatic nitrogens is 4. The largest absolute Gasteiger partial charge is 0.353 e. The van der Waals surface area contributed by atoms with Crippen LogP contribution in [0.15, 0.2) is 30.3 Å². The average Bonchev–Trinajstić information content (AvgIpc) is 3.02. The van der Waals surface area contributed by atoms with Gasteiger partial charge in [0.05, 0.1) is 0 Å². The molecule has 1 aromatic heterocycles. The Morgan fingerprint density at radius 1 is 1.27 bits per heavy atom. The first-order valence-corrected chi connectivity index (χ1v) is 7.45. The quantitative estimate of drug-likeness (QED) is 0.794. The maximum Gasteiger partial charge on any atom is 0.243 e. The molecule has 0 saturated heterocycles. The zero-order valence-corrected chi connectivity index (χ0v) is 13.0.